The van der Waals surface area contributed by atoms with Crippen molar-refractivity contribution in [2.75, 3.05) is 10.8 Å². The predicted molar refractivity (Wildman–Crippen MR) is 94.1 cm³/mol. The number of amides is 1. The topological polar surface area (TPSA) is 110 Å². The number of aromatic hydroxyl groups is 1. The van der Waals surface area contributed by atoms with Crippen molar-refractivity contribution in [3.05, 3.63) is 23.8 Å². The van der Waals surface area contributed by atoms with Crippen molar-refractivity contribution in [3.63, 3.8) is 0 Å². The number of rotatable bonds is 7. The summed E-state index contributed by atoms with van der Waals surface area (Å²) in [5.74, 6) is -0.801. The summed E-state index contributed by atoms with van der Waals surface area (Å²) in [5.41, 5.74) is 0.693. The summed E-state index contributed by atoms with van der Waals surface area (Å²) in [4.78, 5) is 11.4. The third-order valence-electron chi connectivity index (χ3n) is 4.20. The van der Waals surface area contributed by atoms with Crippen molar-refractivity contribution in [2.24, 2.45) is 5.41 Å². The van der Waals surface area contributed by atoms with Crippen LogP contribution < -0.4 is 9.03 Å². The Morgan fingerprint density at radius 2 is 2.04 bits per heavy atom. The lowest BCUT2D eigenvalue weighted by molar-refractivity contribution is -0.117. The number of anilines is 1. The zero-order valence-electron chi connectivity index (χ0n) is 14.4. The number of aryl methyl sites for hydroxylation is 1. The Morgan fingerprint density at radius 3 is 2.64 bits per heavy atom. The zero-order valence-corrected chi connectivity index (χ0v) is 15.3. The quantitative estimate of drug-likeness (QED) is 0.720. The van der Waals surface area contributed by atoms with Gasteiger partial charge in [0.05, 0.1) is 17.2 Å². The third-order valence-corrected chi connectivity index (χ3v) is 5.59. The summed E-state index contributed by atoms with van der Waals surface area (Å²) < 4.78 is 26.6. The van der Waals surface area contributed by atoms with E-state index in [9.17, 15) is 18.3 Å². The molecule has 0 radical (unpaired) electrons. The summed E-state index contributed by atoms with van der Waals surface area (Å²) in [6.07, 6.45) is 4.38. The minimum atomic E-state index is -3.93. The highest BCUT2D eigenvalue weighted by molar-refractivity contribution is 7.92. The Balaban J connectivity index is 1.98. The number of benzene rings is 1. The number of hydrogen-bond acceptors (Lipinski definition) is 5. The van der Waals surface area contributed by atoms with Crippen LogP contribution in [0.2, 0.25) is 0 Å². The maximum Gasteiger partial charge on any atom is 0.326 e. The van der Waals surface area contributed by atoms with E-state index in [0.29, 0.717) is 0 Å². The molecular formula is C17H23N3O4S. The summed E-state index contributed by atoms with van der Waals surface area (Å²) in [6.45, 7) is 3.51. The molecule has 8 heteroatoms. The van der Waals surface area contributed by atoms with Crippen LogP contribution in [0.1, 0.15) is 45.1 Å². The molecule has 136 valence electrons. The van der Waals surface area contributed by atoms with E-state index in [0.717, 1.165) is 42.0 Å². The molecule has 0 spiro atoms. The van der Waals surface area contributed by atoms with Crippen LogP contribution in [0, 0.1) is 16.7 Å². The van der Waals surface area contributed by atoms with E-state index in [2.05, 4.69) is 6.07 Å². The molecule has 0 aliphatic carbocycles. The summed E-state index contributed by atoms with van der Waals surface area (Å²) in [5, 5.41) is 19.0. The fourth-order valence-electron chi connectivity index (χ4n) is 2.71. The highest BCUT2D eigenvalue weighted by Gasteiger charge is 2.35. The Kier molecular flexibility index (Phi) is 5.58. The van der Waals surface area contributed by atoms with Crippen molar-refractivity contribution in [2.45, 2.75) is 46.0 Å². The molecule has 7 nitrogen and oxygen atoms in total. The van der Waals surface area contributed by atoms with E-state index >= 15 is 0 Å². The monoisotopic (exact) mass is 365 g/mol. The Morgan fingerprint density at radius 1 is 1.32 bits per heavy atom. The fourth-order valence-corrected chi connectivity index (χ4v) is 3.87. The zero-order chi connectivity index (χ0) is 18.7. The molecule has 0 unspecified atom stereocenters. The van der Waals surface area contributed by atoms with Crippen LogP contribution in [0.15, 0.2) is 18.2 Å². The van der Waals surface area contributed by atoms with E-state index in [1.165, 1.54) is 6.07 Å². The van der Waals surface area contributed by atoms with Gasteiger partial charge >= 0.3 is 10.2 Å². The first-order valence-electron chi connectivity index (χ1n) is 8.21. The Labute approximate surface area is 148 Å². The van der Waals surface area contributed by atoms with Gasteiger partial charge in [0.1, 0.15) is 12.3 Å². The highest BCUT2D eigenvalue weighted by Crippen LogP contribution is 2.32. The number of hydrogen-bond donors (Lipinski definition) is 2. The molecule has 1 saturated heterocycles. The maximum atomic E-state index is 11.9. The van der Waals surface area contributed by atoms with Crippen LogP contribution in [0.3, 0.4) is 0 Å². The number of phenols is 1. The molecule has 25 heavy (non-hydrogen) atoms. The molecule has 1 aromatic carbocycles. The number of carbonyl (C=O) groups is 1. The van der Waals surface area contributed by atoms with Gasteiger partial charge in [0, 0.05) is 0 Å². The van der Waals surface area contributed by atoms with Gasteiger partial charge in [0.2, 0.25) is 0 Å². The molecule has 2 rings (SSSR count). The smallest absolute Gasteiger partial charge is 0.326 e. The van der Waals surface area contributed by atoms with Crippen LogP contribution in [-0.2, 0) is 21.4 Å². The predicted octanol–water partition coefficient (Wildman–Crippen LogP) is 2.23. The van der Waals surface area contributed by atoms with Gasteiger partial charge in [-0.05, 0) is 50.8 Å². The van der Waals surface area contributed by atoms with Gasteiger partial charge in [-0.2, -0.15) is 13.7 Å². The van der Waals surface area contributed by atoms with Crippen molar-refractivity contribution in [3.8, 4) is 11.8 Å². The van der Waals surface area contributed by atoms with Crippen molar-refractivity contribution in [1.29, 1.82) is 5.26 Å². The molecule has 2 N–H and O–H groups in total. The molecule has 1 amide bonds. The molecule has 0 saturated carbocycles. The van der Waals surface area contributed by atoms with E-state index in [1.807, 2.05) is 18.6 Å². The second-order valence-electron chi connectivity index (χ2n) is 6.92. The van der Waals surface area contributed by atoms with Crippen LogP contribution >= 0.6 is 0 Å². The van der Waals surface area contributed by atoms with Gasteiger partial charge in [0.15, 0.2) is 0 Å². The van der Waals surface area contributed by atoms with E-state index in [1.54, 1.807) is 12.1 Å². The first kappa shape index (κ1) is 19.1. The standard InChI is InChI=1S/C17H23N3O4S/c1-17(2,12-18)9-5-3-4-6-13-7-8-15(21)14(10-13)20-11-16(22)19-25(20,23)24/h7-8,10,21H,3-6,9,11H2,1-2H3,(H,19,22). The van der Waals surface area contributed by atoms with E-state index < -0.39 is 16.1 Å². The van der Waals surface area contributed by atoms with Gasteiger partial charge < -0.3 is 5.11 Å². The lowest BCUT2D eigenvalue weighted by atomic mass is 9.88. The molecule has 1 aromatic rings. The molecule has 1 aliphatic heterocycles. The van der Waals surface area contributed by atoms with Crippen LogP contribution in [0.25, 0.3) is 0 Å². The van der Waals surface area contributed by atoms with Gasteiger partial charge in [-0.1, -0.05) is 18.9 Å². The van der Waals surface area contributed by atoms with Gasteiger partial charge in [-0.3, -0.25) is 4.79 Å². The van der Waals surface area contributed by atoms with Crippen LogP contribution in [0.5, 0.6) is 5.75 Å². The number of unbranched alkanes of at least 4 members (excludes halogenated alkanes) is 2. The summed E-state index contributed by atoms with van der Waals surface area (Å²) in [6, 6.07) is 7.08. The van der Waals surface area contributed by atoms with E-state index in [-0.39, 0.29) is 23.4 Å². The first-order chi connectivity index (χ1) is 11.6. The Hall–Kier alpha value is -2.27. The number of nitrogens with zero attached hydrogens (tertiary/aromatic N) is 2. The number of nitrogens with one attached hydrogen (secondary N) is 1. The van der Waals surface area contributed by atoms with E-state index in [4.69, 9.17) is 5.26 Å². The lowest BCUT2D eigenvalue weighted by Gasteiger charge is -2.17. The van der Waals surface area contributed by atoms with Gasteiger partial charge in [-0.15, -0.1) is 0 Å². The van der Waals surface area contributed by atoms with Crippen LogP contribution in [0.4, 0.5) is 5.69 Å². The number of nitriles is 1. The maximum absolute atomic E-state index is 11.9. The van der Waals surface area contributed by atoms with Gasteiger partial charge in [0.25, 0.3) is 5.91 Å². The second kappa shape index (κ2) is 7.31. The largest absolute Gasteiger partial charge is 0.506 e. The second-order valence-corrected chi connectivity index (χ2v) is 8.51. The first-order valence-corrected chi connectivity index (χ1v) is 9.65. The molecule has 1 fully saturated rings. The summed E-state index contributed by atoms with van der Waals surface area (Å²) >= 11 is 0. The molecule has 1 heterocycles. The highest BCUT2D eigenvalue weighted by atomic mass is 32.2. The molecule has 0 bridgehead atoms. The van der Waals surface area contributed by atoms with Crippen molar-refractivity contribution < 1.29 is 18.3 Å². The van der Waals surface area contributed by atoms with Gasteiger partial charge in [-0.25, -0.2) is 9.03 Å². The molecule has 0 atom stereocenters. The van der Waals surface area contributed by atoms with Crippen molar-refractivity contribution >= 4 is 21.8 Å². The summed E-state index contributed by atoms with van der Waals surface area (Å²) in [7, 11) is -3.93. The third kappa shape index (κ3) is 4.86. The average molecular weight is 365 g/mol. The minimum absolute atomic E-state index is 0.112. The van der Waals surface area contributed by atoms with Crippen LogP contribution in [-0.4, -0.2) is 26.0 Å². The molecular weight excluding hydrogens is 342 g/mol. The number of carbonyl (C=O) groups excluding carboxylic acids is 1. The number of phenolic OH excluding ortho intramolecular Hbond substituents is 1. The SMILES string of the molecule is CC(C)(C#N)CCCCCc1ccc(O)c(N2CC(=O)NS2(=O)=O)c1. The Bertz CT molecular complexity index is 797. The lowest BCUT2D eigenvalue weighted by Crippen LogP contribution is -2.29. The molecule has 0 aromatic heterocycles. The molecule has 1 aliphatic rings. The normalized spacial score (nSPS) is 16.5. The average Bonchev–Trinajstić information content (AvgIpc) is 2.81. The van der Waals surface area contributed by atoms with Crippen molar-refractivity contribution in [1.82, 2.24) is 4.72 Å². The minimum Gasteiger partial charge on any atom is -0.506 e. The fraction of sp³-hybridized carbons (Fsp3) is 0.529.